The highest BCUT2D eigenvalue weighted by atomic mass is 35.5. The van der Waals surface area contributed by atoms with Gasteiger partial charge in [-0.3, -0.25) is 4.79 Å². The zero-order chi connectivity index (χ0) is 26.7. The van der Waals surface area contributed by atoms with Gasteiger partial charge in [0.1, 0.15) is 5.52 Å². The lowest BCUT2D eigenvalue weighted by molar-refractivity contribution is -0.0328. The summed E-state index contributed by atoms with van der Waals surface area (Å²) >= 11 is 5.90. The number of benzene rings is 3. The topological polar surface area (TPSA) is 58.4 Å². The number of anilines is 1. The van der Waals surface area contributed by atoms with Gasteiger partial charge in [-0.25, -0.2) is 0 Å². The van der Waals surface area contributed by atoms with Gasteiger partial charge in [0.25, 0.3) is 11.9 Å². The van der Waals surface area contributed by atoms with Crippen LogP contribution in [-0.4, -0.2) is 27.3 Å². The van der Waals surface area contributed by atoms with E-state index in [4.69, 9.17) is 16.0 Å². The standard InChI is InChI=1S/C28H25ClF3N3O2S/c29-21-5-3-4-19(14-21)16-33-27-34-24-15-20(10-13-25(24)37-27)26(36)35(22-6-1-2-7-22)17-18-8-11-23(12-9-18)38-28(30,31)32/h3-5,8-15,22H,1-2,6-7,16-17H2,(H,33,34). The summed E-state index contributed by atoms with van der Waals surface area (Å²) in [7, 11) is 0. The molecular weight excluding hydrogens is 535 g/mol. The van der Waals surface area contributed by atoms with Crippen molar-refractivity contribution < 1.29 is 22.4 Å². The Labute approximate surface area is 227 Å². The Morgan fingerprint density at radius 3 is 2.53 bits per heavy atom. The van der Waals surface area contributed by atoms with Gasteiger partial charge in [0, 0.05) is 34.6 Å². The molecule has 0 unspecified atom stereocenters. The van der Waals surface area contributed by atoms with E-state index in [9.17, 15) is 18.0 Å². The maximum absolute atomic E-state index is 13.7. The van der Waals surface area contributed by atoms with Gasteiger partial charge >= 0.3 is 5.51 Å². The number of amides is 1. The first-order valence-electron chi connectivity index (χ1n) is 12.3. The number of alkyl halides is 3. The van der Waals surface area contributed by atoms with Crippen molar-refractivity contribution in [2.75, 3.05) is 5.32 Å². The zero-order valence-corrected chi connectivity index (χ0v) is 21.9. The van der Waals surface area contributed by atoms with Gasteiger partial charge in [-0.1, -0.05) is 48.7 Å². The zero-order valence-electron chi connectivity index (χ0n) is 20.3. The fraction of sp³-hybridized carbons (Fsp3) is 0.286. The first-order chi connectivity index (χ1) is 18.2. The van der Waals surface area contributed by atoms with Crippen LogP contribution in [0, 0.1) is 0 Å². The number of nitrogens with one attached hydrogen (secondary N) is 1. The van der Waals surface area contributed by atoms with Crippen molar-refractivity contribution in [3.8, 4) is 0 Å². The molecule has 1 aliphatic carbocycles. The molecule has 1 amide bonds. The number of rotatable bonds is 8. The molecule has 0 spiro atoms. The number of fused-ring (bicyclic) bond motifs is 1. The number of hydrogen-bond acceptors (Lipinski definition) is 5. The van der Waals surface area contributed by atoms with Crippen LogP contribution in [0.25, 0.3) is 11.1 Å². The fourth-order valence-corrected chi connectivity index (χ4v) is 5.45. The maximum Gasteiger partial charge on any atom is 0.446 e. The number of carbonyl (C=O) groups excluding carboxylic acids is 1. The Bertz CT molecular complexity index is 1420. The number of oxazole rings is 1. The highest BCUT2D eigenvalue weighted by Gasteiger charge is 2.30. The number of carbonyl (C=O) groups is 1. The normalized spacial score (nSPS) is 14.2. The van der Waals surface area contributed by atoms with Crippen LogP contribution in [0.15, 0.2) is 76.0 Å². The van der Waals surface area contributed by atoms with Crippen molar-refractivity contribution in [2.24, 2.45) is 0 Å². The molecule has 5 rings (SSSR count). The van der Waals surface area contributed by atoms with Crippen LogP contribution >= 0.6 is 23.4 Å². The van der Waals surface area contributed by atoms with Gasteiger partial charge in [-0.15, -0.1) is 0 Å². The molecule has 4 aromatic rings. The Hall–Kier alpha value is -3.17. The molecule has 38 heavy (non-hydrogen) atoms. The van der Waals surface area contributed by atoms with E-state index in [2.05, 4.69) is 10.3 Å². The first kappa shape index (κ1) is 26.4. The van der Waals surface area contributed by atoms with Crippen LogP contribution in [0.3, 0.4) is 0 Å². The lowest BCUT2D eigenvalue weighted by atomic mass is 10.1. The third-order valence-corrected chi connectivity index (χ3v) is 7.48. The van der Waals surface area contributed by atoms with E-state index in [0.717, 1.165) is 36.8 Å². The Morgan fingerprint density at radius 1 is 1.05 bits per heavy atom. The van der Waals surface area contributed by atoms with Crippen LogP contribution < -0.4 is 5.32 Å². The summed E-state index contributed by atoms with van der Waals surface area (Å²) in [6.07, 6.45) is 3.88. The summed E-state index contributed by atoms with van der Waals surface area (Å²) in [5.41, 5.74) is -0.967. The maximum atomic E-state index is 13.7. The number of hydrogen-bond donors (Lipinski definition) is 1. The summed E-state index contributed by atoms with van der Waals surface area (Å²) in [6, 6.07) is 19.3. The van der Waals surface area contributed by atoms with Gasteiger partial charge < -0.3 is 14.6 Å². The molecule has 0 bridgehead atoms. The van der Waals surface area contributed by atoms with E-state index in [1.165, 1.54) is 12.1 Å². The predicted molar refractivity (Wildman–Crippen MR) is 143 cm³/mol. The summed E-state index contributed by atoms with van der Waals surface area (Å²) in [4.78, 5) is 20.1. The molecule has 5 nitrogen and oxygen atoms in total. The third kappa shape index (κ3) is 6.63. The Balaban J connectivity index is 1.32. The predicted octanol–water partition coefficient (Wildman–Crippen LogP) is 8.29. The lowest BCUT2D eigenvalue weighted by Crippen LogP contribution is -2.38. The summed E-state index contributed by atoms with van der Waals surface area (Å²) in [6.45, 7) is 0.804. The third-order valence-electron chi connectivity index (χ3n) is 6.50. The van der Waals surface area contributed by atoms with Crippen molar-refractivity contribution in [1.29, 1.82) is 0 Å². The average Bonchev–Trinajstić information content (AvgIpc) is 3.55. The van der Waals surface area contributed by atoms with E-state index < -0.39 is 5.51 Å². The van der Waals surface area contributed by atoms with Gasteiger partial charge in [0.15, 0.2) is 5.58 Å². The highest BCUT2D eigenvalue weighted by molar-refractivity contribution is 8.00. The highest BCUT2D eigenvalue weighted by Crippen LogP contribution is 2.37. The quantitative estimate of drug-likeness (QED) is 0.220. The largest absolute Gasteiger partial charge is 0.446 e. The van der Waals surface area contributed by atoms with Crippen molar-refractivity contribution in [1.82, 2.24) is 9.88 Å². The van der Waals surface area contributed by atoms with Crippen LogP contribution in [0.2, 0.25) is 5.02 Å². The molecule has 1 fully saturated rings. The number of thioether (sulfide) groups is 1. The molecule has 1 heterocycles. The summed E-state index contributed by atoms with van der Waals surface area (Å²) < 4.78 is 43.9. The molecular formula is C28H25ClF3N3O2S. The van der Waals surface area contributed by atoms with E-state index in [1.54, 1.807) is 36.4 Å². The van der Waals surface area contributed by atoms with Crippen molar-refractivity contribution in [3.05, 3.63) is 88.4 Å². The molecule has 0 atom stereocenters. The lowest BCUT2D eigenvalue weighted by Gasteiger charge is -2.29. The Morgan fingerprint density at radius 2 is 1.82 bits per heavy atom. The molecule has 0 aliphatic heterocycles. The molecule has 1 aromatic heterocycles. The van der Waals surface area contributed by atoms with E-state index in [-0.39, 0.29) is 28.6 Å². The number of aromatic nitrogens is 1. The van der Waals surface area contributed by atoms with E-state index in [1.807, 2.05) is 23.1 Å². The van der Waals surface area contributed by atoms with E-state index in [0.29, 0.717) is 40.8 Å². The molecule has 1 N–H and O–H groups in total. The second kappa shape index (κ2) is 11.3. The van der Waals surface area contributed by atoms with Gasteiger partial charge in [-0.05, 0) is 78.2 Å². The monoisotopic (exact) mass is 559 g/mol. The molecule has 10 heteroatoms. The van der Waals surface area contributed by atoms with Gasteiger partial charge in [0.2, 0.25) is 0 Å². The number of halogens is 4. The van der Waals surface area contributed by atoms with Crippen molar-refractivity contribution in [3.63, 3.8) is 0 Å². The molecule has 1 aliphatic rings. The van der Waals surface area contributed by atoms with Crippen LogP contribution in [-0.2, 0) is 13.1 Å². The average molecular weight is 560 g/mol. The second-order valence-corrected chi connectivity index (χ2v) is 10.8. The van der Waals surface area contributed by atoms with Crippen LogP contribution in [0.1, 0.15) is 47.2 Å². The van der Waals surface area contributed by atoms with Crippen LogP contribution in [0.5, 0.6) is 0 Å². The minimum atomic E-state index is -4.34. The minimum absolute atomic E-state index is 0.0784. The number of nitrogens with zero attached hydrogens (tertiary/aromatic N) is 2. The second-order valence-electron chi connectivity index (χ2n) is 9.25. The van der Waals surface area contributed by atoms with E-state index >= 15 is 0 Å². The molecule has 1 saturated carbocycles. The first-order valence-corrected chi connectivity index (χ1v) is 13.5. The fourth-order valence-electron chi connectivity index (χ4n) is 4.70. The summed E-state index contributed by atoms with van der Waals surface area (Å²) in [5.74, 6) is -0.135. The SMILES string of the molecule is O=C(c1ccc2oc(NCc3cccc(Cl)c3)nc2c1)N(Cc1ccc(SC(F)(F)F)cc1)C1CCCC1. The van der Waals surface area contributed by atoms with Gasteiger partial charge in [-0.2, -0.15) is 18.2 Å². The molecule has 0 radical (unpaired) electrons. The molecule has 198 valence electrons. The minimum Gasteiger partial charge on any atom is -0.424 e. The van der Waals surface area contributed by atoms with Gasteiger partial charge in [0.05, 0.1) is 0 Å². The summed E-state index contributed by atoms with van der Waals surface area (Å²) in [5, 5.41) is 3.79. The smallest absolute Gasteiger partial charge is 0.424 e. The van der Waals surface area contributed by atoms with Crippen molar-refractivity contribution >= 4 is 46.4 Å². The Kier molecular flexibility index (Phi) is 7.85. The molecule has 0 saturated heterocycles. The van der Waals surface area contributed by atoms with Crippen LogP contribution in [0.4, 0.5) is 19.2 Å². The molecule has 3 aromatic carbocycles. The van der Waals surface area contributed by atoms with Crippen molar-refractivity contribution in [2.45, 2.75) is 55.2 Å².